The highest BCUT2D eigenvalue weighted by atomic mass is 35.5. The van der Waals surface area contributed by atoms with Crippen LogP contribution in [0.15, 0.2) is 17.2 Å². The van der Waals surface area contributed by atoms with Crippen LogP contribution in [0.5, 0.6) is 0 Å². The molecule has 1 rings (SSSR count). The van der Waals surface area contributed by atoms with Gasteiger partial charge >= 0.3 is 0 Å². The molecule has 6 nitrogen and oxygen atoms in total. The summed E-state index contributed by atoms with van der Waals surface area (Å²) in [6.07, 6.45) is 1.55. The second-order valence-electron chi connectivity index (χ2n) is 5.13. The van der Waals surface area contributed by atoms with Gasteiger partial charge < -0.3 is 10.1 Å². The molecule has 0 aliphatic heterocycles. The molecule has 118 valence electrons. The number of carbonyl (C=O) groups excluding carboxylic acids is 1. The topological polar surface area (TPSA) is 85.4 Å². The molecule has 0 aliphatic rings. The molecule has 0 bridgehead atoms. The Morgan fingerprint density at radius 2 is 2.05 bits per heavy atom. The van der Waals surface area contributed by atoms with E-state index in [9.17, 15) is 13.2 Å². The van der Waals surface area contributed by atoms with Gasteiger partial charge in [-0.2, -0.15) is 0 Å². The summed E-state index contributed by atoms with van der Waals surface area (Å²) in [5.74, 6) is 0.0298. The third-order valence-corrected chi connectivity index (χ3v) is 3.90. The molecule has 21 heavy (non-hydrogen) atoms. The van der Waals surface area contributed by atoms with Gasteiger partial charge in [0.2, 0.25) is 0 Å². The first-order valence-electron chi connectivity index (χ1n) is 6.39. The van der Waals surface area contributed by atoms with Crippen LogP contribution in [0.25, 0.3) is 0 Å². The lowest BCUT2D eigenvalue weighted by atomic mass is 10.2. The predicted octanol–water partition coefficient (Wildman–Crippen LogP) is 2.14. The molecular formula is C13H19ClN2O4S. The monoisotopic (exact) mass is 334 g/mol. The Kier molecular flexibility index (Phi) is 6.12. The first-order valence-corrected chi connectivity index (χ1v) is 8.66. The summed E-state index contributed by atoms with van der Waals surface area (Å²) in [7, 11) is -3.39. The lowest BCUT2D eigenvalue weighted by Gasteiger charge is -2.15. The minimum Gasteiger partial charge on any atom is -0.368 e. The fourth-order valence-corrected chi connectivity index (χ4v) is 2.20. The Hall–Kier alpha value is -1.18. The van der Waals surface area contributed by atoms with Crippen molar-refractivity contribution in [3.8, 4) is 0 Å². The van der Waals surface area contributed by atoms with E-state index in [1.807, 2.05) is 13.8 Å². The zero-order chi connectivity index (χ0) is 16.2. The van der Waals surface area contributed by atoms with E-state index in [1.165, 1.54) is 6.07 Å². The molecule has 0 aromatic carbocycles. The van der Waals surface area contributed by atoms with Crippen molar-refractivity contribution in [1.82, 2.24) is 4.98 Å². The van der Waals surface area contributed by atoms with E-state index in [0.29, 0.717) is 12.5 Å². The van der Waals surface area contributed by atoms with Crippen LogP contribution in [-0.4, -0.2) is 38.3 Å². The predicted molar refractivity (Wildman–Crippen MR) is 81.2 cm³/mol. The van der Waals surface area contributed by atoms with Crippen LogP contribution in [0.4, 0.5) is 5.82 Å². The highest BCUT2D eigenvalue weighted by molar-refractivity contribution is 7.90. The molecule has 0 saturated heterocycles. The molecule has 0 fully saturated rings. The maximum absolute atomic E-state index is 11.9. The highest BCUT2D eigenvalue weighted by Crippen LogP contribution is 2.22. The van der Waals surface area contributed by atoms with Gasteiger partial charge in [-0.25, -0.2) is 13.4 Å². The summed E-state index contributed by atoms with van der Waals surface area (Å²) in [4.78, 5) is 15.8. The Morgan fingerprint density at radius 3 is 2.52 bits per heavy atom. The van der Waals surface area contributed by atoms with Crippen LogP contribution in [-0.2, 0) is 19.4 Å². The number of nitrogens with zero attached hydrogens (tertiary/aromatic N) is 1. The SMILES string of the molecule is CC(C)COC(C)C(=O)Nc1ncc(S(C)(=O)=O)cc1Cl. The molecule has 1 unspecified atom stereocenters. The number of nitrogens with one attached hydrogen (secondary N) is 1. The fourth-order valence-electron chi connectivity index (χ4n) is 1.35. The number of amides is 1. The van der Waals surface area contributed by atoms with Crippen LogP contribution in [0.3, 0.4) is 0 Å². The fraction of sp³-hybridized carbons (Fsp3) is 0.538. The third kappa shape index (κ3) is 5.61. The van der Waals surface area contributed by atoms with Gasteiger partial charge in [0.05, 0.1) is 9.92 Å². The normalized spacial score (nSPS) is 13.2. The second kappa shape index (κ2) is 7.20. The van der Waals surface area contributed by atoms with Crippen LogP contribution in [0, 0.1) is 5.92 Å². The van der Waals surface area contributed by atoms with E-state index in [1.54, 1.807) is 6.92 Å². The highest BCUT2D eigenvalue weighted by Gasteiger charge is 2.17. The number of sulfone groups is 1. The molecule has 0 saturated carbocycles. The number of anilines is 1. The number of carbonyl (C=O) groups is 1. The molecule has 0 spiro atoms. The largest absolute Gasteiger partial charge is 0.368 e. The summed E-state index contributed by atoms with van der Waals surface area (Å²) in [6, 6.07) is 1.25. The van der Waals surface area contributed by atoms with Crippen molar-refractivity contribution in [2.75, 3.05) is 18.2 Å². The van der Waals surface area contributed by atoms with Crippen LogP contribution in [0.2, 0.25) is 5.02 Å². The van der Waals surface area contributed by atoms with E-state index in [-0.39, 0.29) is 15.7 Å². The number of pyridine rings is 1. The summed E-state index contributed by atoms with van der Waals surface area (Å²) in [5, 5.41) is 2.57. The van der Waals surface area contributed by atoms with Gasteiger partial charge in [-0.15, -0.1) is 0 Å². The Labute approximate surface area is 129 Å². The molecule has 1 atom stereocenters. The number of aromatic nitrogens is 1. The van der Waals surface area contributed by atoms with Gasteiger partial charge in [0.25, 0.3) is 5.91 Å². The van der Waals surface area contributed by atoms with Crippen molar-refractivity contribution < 1.29 is 17.9 Å². The standard InChI is InChI=1S/C13H19ClN2O4S/c1-8(2)7-20-9(3)13(17)16-12-11(14)5-10(6-15-12)21(4,18)19/h5-6,8-9H,7H2,1-4H3,(H,15,16,17). The van der Waals surface area contributed by atoms with Crippen LogP contribution < -0.4 is 5.32 Å². The van der Waals surface area contributed by atoms with Crippen molar-refractivity contribution in [1.29, 1.82) is 0 Å². The Balaban J connectivity index is 2.77. The average Bonchev–Trinajstić information content (AvgIpc) is 2.36. The molecule has 8 heteroatoms. The van der Waals surface area contributed by atoms with E-state index in [0.717, 1.165) is 12.5 Å². The summed E-state index contributed by atoms with van der Waals surface area (Å²) in [6.45, 7) is 6.04. The molecule has 1 heterocycles. The van der Waals surface area contributed by atoms with Gasteiger partial charge in [0.1, 0.15) is 6.10 Å². The van der Waals surface area contributed by atoms with E-state index >= 15 is 0 Å². The summed E-state index contributed by atoms with van der Waals surface area (Å²) in [5.41, 5.74) is 0. The van der Waals surface area contributed by atoms with Crippen molar-refractivity contribution in [2.24, 2.45) is 5.92 Å². The summed E-state index contributed by atoms with van der Waals surface area (Å²) < 4.78 is 28.1. The number of halogens is 1. The van der Waals surface area contributed by atoms with Gasteiger partial charge in [-0.1, -0.05) is 25.4 Å². The number of hydrogen-bond acceptors (Lipinski definition) is 5. The lowest BCUT2D eigenvalue weighted by molar-refractivity contribution is -0.126. The lowest BCUT2D eigenvalue weighted by Crippen LogP contribution is -2.29. The minimum atomic E-state index is -3.39. The molecule has 1 aromatic heterocycles. The summed E-state index contributed by atoms with van der Waals surface area (Å²) >= 11 is 5.93. The smallest absolute Gasteiger partial charge is 0.254 e. The number of hydrogen-bond donors (Lipinski definition) is 1. The molecule has 1 amide bonds. The zero-order valence-electron chi connectivity index (χ0n) is 12.4. The van der Waals surface area contributed by atoms with E-state index < -0.39 is 21.8 Å². The first kappa shape index (κ1) is 17.9. The molecular weight excluding hydrogens is 316 g/mol. The minimum absolute atomic E-state index is 0.00500. The molecule has 1 N–H and O–H groups in total. The van der Waals surface area contributed by atoms with E-state index in [4.69, 9.17) is 16.3 Å². The first-order chi connectivity index (χ1) is 9.61. The Morgan fingerprint density at radius 1 is 1.43 bits per heavy atom. The maximum atomic E-state index is 11.9. The van der Waals surface area contributed by atoms with Crippen molar-refractivity contribution in [3.63, 3.8) is 0 Å². The van der Waals surface area contributed by atoms with E-state index in [2.05, 4.69) is 10.3 Å². The van der Waals surface area contributed by atoms with Crippen molar-refractivity contribution >= 4 is 33.2 Å². The van der Waals surface area contributed by atoms with Crippen molar-refractivity contribution in [3.05, 3.63) is 17.3 Å². The molecule has 1 aromatic rings. The zero-order valence-corrected chi connectivity index (χ0v) is 14.0. The maximum Gasteiger partial charge on any atom is 0.254 e. The van der Waals surface area contributed by atoms with Gasteiger partial charge in [-0.05, 0) is 18.9 Å². The number of rotatable bonds is 6. The molecule has 0 radical (unpaired) electrons. The van der Waals surface area contributed by atoms with Crippen molar-refractivity contribution in [2.45, 2.75) is 31.8 Å². The van der Waals surface area contributed by atoms with Gasteiger partial charge in [0, 0.05) is 19.1 Å². The average molecular weight is 335 g/mol. The second-order valence-corrected chi connectivity index (χ2v) is 7.56. The molecule has 0 aliphatic carbocycles. The quantitative estimate of drug-likeness (QED) is 0.861. The van der Waals surface area contributed by atoms with Gasteiger partial charge in [-0.3, -0.25) is 4.79 Å². The third-order valence-electron chi connectivity index (χ3n) is 2.53. The van der Waals surface area contributed by atoms with Gasteiger partial charge in [0.15, 0.2) is 15.7 Å². The van der Waals surface area contributed by atoms with Crippen LogP contribution >= 0.6 is 11.6 Å². The van der Waals surface area contributed by atoms with Crippen LogP contribution in [0.1, 0.15) is 20.8 Å². The Bertz CT molecular complexity index is 617. The number of ether oxygens (including phenoxy) is 1.